The van der Waals surface area contributed by atoms with Crippen molar-refractivity contribution in [2.45, 2.75) is 38.5 Å². The molecule has 0 aliphatic carbocycles. The van der Waals surface area contributed by atoms with Crippen molar-refractivity contribution in [3.63, 3.8) is 0 Å². The van der Waals surface area contributed by atoms with Crippen LogP contribution in [0.4, 0.5) is 13.2 Å². The van der Waals surface area contributed by atoms with Gasteiger partial charge in [-0.15, -0.1) is 0 Å². The van der Waals surface area contributed by atoms with Crippen LogP contribution in [0.2, 0.25) is 0 Å². The summed E-state index contributed by atoms with van der Waals surface area (Å²) in [7, 11) is 0. The summed E-state index contributed by atoms with van der Waals surface area (Å²) < 4.78 is 42.2. The summed E-state index contributed by atoms with van der Waals surface area (Å²) in [6.45, 7) is 1.55. The smallest absolute Gasteiger partial charge is 0.372 e. The van der Waals surface area contributed by atoms with E-state index in [-0.39, 0.29) is 12.6 Å². The fourth-order valence-corrected chi connectivity index (χ4v) is 1.70. The van der Waals surface area contributed by atoms with Crippen LogP contribution in [0.3, 0.4) is 0 Å². The van der Waals surface area contributed by atoms with Gasteiger partial charge >= 0.3 is 6.18 Å². The number of nitrogens with one attached hydrogen (secondary N) is 1. The van der Waals surface area contributed by atoms with Crippen molar-refractivity contribution in [3.05, 3.63) is 18.2 Å². The van der Waals surface area contributed by atoms with Crippen molar-refractivity contribution >= 4 is 0 Å². The molecule has 1 rings (SSSR count). The highest BCUT2D eigenvalue weighted by atomic mass is 19.4. The van der Waals surface area contributed by atoms with E-state index in [0.717, 1.165) is 12.4 Å². The Balaban J connectivity index is 2.34. The molecule has 3 N–H and O–H groups in total. The zero-order chi connectivity index (χ0) is 14.3. The summed E-state index contributed by atoms with van der Waals surface area (Å²) in [6, 6.07) is -0.166. The van der Waals surface area contributed by atoms with E-state index in [1.165, 1.54) is 0 Å². The average Bonchev–Trinajstić information content (AvgIpc) is 2.78. The number of alkyl halides is 3. The van der Waals surface area contributed by atoms with Crippen molar-refractivity contribution in [1.82, 2.24) is 15.0 Å². The first-order valence-electron chi connectivity index (χ1n) is 6.07. The Labute approximate surface area is 109 Å². The topological polar surface area (TPSA) is 65.1 Å². The molecule has 0 fully saturated rings. The summed E-state index contributed by atoms with van der Waals surface area (Å²) >= 11 is 0. The molecule has 0 spiro atoms. The third-order valence-electron chi connectivity index (χ3n) is 2.68. The maximum Gasteiger partial charge on any atom is 0.411 e. The first-order valence-corrected chi connectivity index (χ1v) is 6.07. The van der Waals surface area contributed by atoms with Crippen LogP contribution < -0.4 is 11.3 Å². The molecule has 0 saturated heterocycles. The molecule has 1 aromatic heterocycles. The van der Waals surface area contributed by atoms with Crippen LogP contribution in [0.1, 0.15) is 19.2 Å². The molecule has 8 heteroatoms. The molecule has 1 atom stereocenters. The number of imidazole rings is 1. The lowest BCUT2D eigenvalue weighted by Gasteiger charge is -2.16. The van der Waals surface area contributed by atoms with Gasteiger partial charge in [0.25, 0.3) is 0 Å². The van der Waals surface area contributed by atoms with Crippen LogP contribution in [0, 0.1) is 0 Å². The van der Waals surface area contributed by atoms with E-state index < -0.39 is 12.8 Å². The van der Waals surface area contributed by atoms with Crippen molar-refractivity contribution in [2.75, 3.05) is 13.2 Å². The van der Waals surface area contributed by atoms with Crippen LogP contribution in [-0.2, 0) is 17.7 Å². The lowest BCUT2D eigenvalue weighted by atomic mass is 10.1. The van der Waals surface area contributed by atoms with E-state index in [9.17, 15) is 13.2 Å². The van der Waals surface area contributed by atoms with Crippen molar-refractivity contribution in [2.24, 2.45) is 5.84 Å². The molecule has 0 amide bonds. The lowest BCUT2D eigenvalue weighted by Crippen LogP contribution is -2.38. The molecule has 0 aromatic carbocycles. The number of halogens is 3. The molecule has 5 nitrogen and oxygen atoms in total. The first-order chi connectivity index (χ1) is 8.96. The largest absolute Gasteiger partial charge is 0.411 e. The van der Waals surface area contributed by atoms with Gasteiger partial charge in [0.05, 0.1) is 0 Å². The third kappa shape index (κ3) is 6.04. The molecular weight excluding hydrogens is 261 g/mol. The van der Waals surface area contributed by atoms with E-state index in [1.807, 2.05) is 17.7 Å². The monoisotopic (exact) mass is 280 g/mol. The van der Waals surface area contributed by atoms with E-state index in [4.69, 9.17) is 5.84 Å². The van der Waals surface area contributed by atoms with Gasteiger partial charge in [-0.1, -0.05) is 0 Å². The minimum Gasteiger partial charge on any atom is -0.372 e. The van der Waals surface area contributed by atoms with Gasteiger partial charge in [0.1, 0.15) is 12.4 Å². The second-order valence-corrected chi connectivity index (χ2v) is 4.15. The van der Waals surface area contributed by atoms with Crippen molar-refractivity contribution in [3.8, 4) is 0 Å². The molecule has 1 aromatic rings. The van der Waals surface area contributed by atoms with Gasteiger partial charge in [-0.3, -0.25) is 11.3 Å². The normalized spacial score (nSPS) is 13.7. The Morgan fingerprint density at radius 3 is 2.84 bits per heavy atom. The summed E-state index contributed by atoms with van der Waals surface area (Å²) in [5.41, 5.74) is 2.57. The van der Waals surface area contributed by atoms with Gasteiger partial charge in [-0.2, -0.15) is 13.2 Å². The third-order valence-corrected chi connectivity index (χ3v) is 2.68. The SMILES string of the molecule is CCn1ccnc1CC(CCOCC(F)(F)F)NN. The van der Waals surface area contributed by atoms with Crippen molar-refractivity contribution in [1.29, 1.82) is 0 Å². The Kier molecular flexibility index (Phi) is 6.26. The number of rotatable bonds is 8. The van der Waals surface area contributed by atoms with Crippen LogP contribution in [-0.4, -0.2) is 35.0 Å². The lowest BCUT2D eigenvalue weighted by molar-refractivity contribution is -0.174. The predicted octanol–water partition coefficient (Wildman–Crippen LogP) is 1.25. The number of hydrogen-bond acceptors (Lipinski definition) is 4. The van der Waals surface area contributed by atoms with Gasteiger partial charge in [0.15, 0.2) is 0 Å². The van der Waals surface area contributed by atoms with Gasteiger partial charge in [0, 0.05) is 38.0 Å². The number of aryl methyl sites for hydroxylation is 1. The molecule has 0 aliphatic heterocycles. The number of nitrogens with zero attached hydrogens (tertiary/aromatic N) is 2. The fraction of sp³-hybridized carbons (Fsp3) is 0.727. The zero-order valence-electron chi connectivity index (χ0n) is 10.8. The summed E-state index contributed by atoms with van der Waals surface area (Å²) in [5.74, 6) is 6.23. The van der Waals surface area contributed by atoms with E-state index in [0.29, 0.717) is 12.8 Å². The maximum atomic E-state index is 11.9. The number of aromatic nitrogens is 2. The zero-order valence-corrected chi connectivity index (χ0v) is 10.8. The van der Waals surface area contributed by atoms with Gasteiger partial charge in [-0.25, -0.2) is 4.98 Å². The number of hydrogen-bond donors (Lipinski definition) is 2. The van der Waals surface area contributed by atoms with E-state index in [2.05, 4.69) is 15.1 Å². The highest BCUT2D eigenvalue weighted by Crippen LogP contribution is 2.14. The van der Waals surface area contributed by atoms with Gasteiger partial charge in [0.2, 0.25) is 0 Å². The first kappa shape index (κ1) is 15.9. The molecular formula is C11H19F3N4O. The van der Waals surface area contributed by atoms with E-state index >= 15 is 0 Å². The Bertz CT molecular complexity index is 367. The standard InChI is InChI=1S/C11H19F3N4O/c1-2-18-5-4-16-10(18)7-9(17-15)3-6-19-8-11(12,13)14/h4-5,9,17H,2-3,6-8,15H2,1H3. The van der Waals surface area contributed by atoms with Crippen LogP contribution >= 0.6 is 0 Å². The molecule has 19 heavy (non-hydrogen) atoms. The fourth-order valence-electron chi connectivity index (χ4n) is 1.70. The molecule has 0 saturated carbocycles. The molecule has 1 unspecified atom stereocenters. The maximum absolute atomic E-state index is 11.9. The average molecular weight is 280 g/mol. The van der Waals surface area contributed by atoms with Crippen molar-refractivity contribution < 1.29 is 17.9 Å². The molecule has 0 bridgehead atoms. The predicted molar refractivity (Wildman–Crippen MR) is 64.2 cm³/mol. The Hall–Kier alpha value is -1.12. The Morgan fingerprint density at radius 1 is 1.53 bits per heavy atom. The van der Waals surface area contributed by atoms with Crippen LogP contribution in [0.15, 0.2) is 12.4 Å². The van der Waals surface area contributed by atoms with E-state index in [1.54, 1.807) is 6.20 Å². The number of ether oxygens (including phenoxy) is 1. The second-order valence-electron chi connectivity index (χ2n) is 4.15. The summed E-state index contributed by atoms with van der Waals surface area (Å²) in [5, 5.41) is 0. The minimum atomic E-state index is -4.29. The molecule has 0 radical (unpaired) electrons. The molecule has 1 heterocycles. The Morgan fingerprint density at radius 2 is 2.26 bits per heavy atom. The van der Waals surface area contributed by atoms with Crippen LogP contribution in [0.25, 0.3) is 0 Å². The highest BCUT2D eigenvalue weighted by molar-refractivity contribution is 4.95. The highest BCUT2D eigenvalue weighted by Gasteiger charge is 2.27. The number of nitrogens with two attached hydrogens (primary N) is 1. The number of hydrazine groups is 1. The quantitative estimate of drug-likeness (QED) is 0.427. The second kappa shape index (κ2) is 7.46. The van der Waals surface area contributed by atoms with Gasteiger partial charge < -0.3 is 9.30 Å². The molecule has 0 aliphatic rings. The van der Waals surface area contributed by atoms with Crippen LogP contribution in [0.5, 0.6) is 0 Å². The van der Waals surface area contributed by atoms with Gasteiger partial charge in [-0.05, 0) is 13.3 Å². The molecule has 110 valence electrons. The summed E-state index contributed by atoms with van der Waals surface area (Å²) in [6.07, 6.45) is 0.190. The summed E-state index contributed by atoms with van der Waals surface area (Å²) in [4.78, 5) is 4.19. The minimum absolute atomic E-state index is 0.00120.